The van der Waals surface area contributed by atoms with Crippen LogP contribution in [0.25, 0.3) is 66.8 Å². The maximum atomic E-state index is 5.14. The molecule has 0 saturated heterocycles. The Balaban J connectivity index is 1.14. The minimum Gasteiger partial charge on any atom is -0.337 e. The molecule has 4 nitrogen and oxygen atoms in total. The van der Waals surface area contributed by atoms with Crippen molar-refractivity contribution in [3.63, 3.8) is 0 Å². The van der Waals surface area contributed by atoms with Gasteiger partial charge in [0.2, 0.25) is 5.95 Å². The number of hydrogen-bond donors (Lipinski definition) is 0. The lowest BCUT2D eigenvalue weighted by Gasteiger charge is -2.27. The van der Waals surface area contributed by atoms with Gasteiger partial charge in [0.25, 0.3) is 0 Å². The van der Waals surface area contributed by atoms with E-state index >= 15 is 0 Å². The predicted octanol–water partition coefficient (Wildman–Crippen LogP) is 11.9. The lowest BCUT2D eigenvalue weighted by Crippen LogP contribution is -2.18. The number of benzene rings is 6. The Morgan fingerprint density at radius 2 is 1.25 bits per heavy atom. The first-order chi connectivity index (χ1) is 25.2. The van der Waals surface area contributed by atoms with Crippen molar-refractivity contribution < 1.29 is 0 Å². The molecule has 8 aromatic rings. The molecule has 0 spiro atoms. The number of nitrogens with zero attached hydrogens (tertiary/aromatic N) is 4. The lowest BCUT2D eigenvalue weighted by molar-refractivity contribution is 0.992. The van der Waals surface area contributed by atoms with Crippen LogP contribution in [0, 0.1) is 0 Å². The van der Waals surface area contributed by atoms with Gasteiger partial charge in [-0.1, -0.05) is 128 Å². The van der Waals surface area contributed by atoms with Crippen molar-refractivity contribution in [2.45, 2.75) is 0 Å². The van der Waals surface area contributed by atoms with E-state index in [1.165, 1.54) is 5.56 Å². The van der Waals surface area contributed by atoms with Crippen LogP contribution in [0.3, 0.4) is 0 Å². The largest absolute Gasteiger partial charge is 0.337 e. The Kier molecular flexibility index (Phi) is 7.67. The van der Waals surface area contributed by atoms with Crippen molar-refractivity contribution >= 4 is 38.8 Å². The fourth-order valence-electron chi connectivity index (χ4n) is 7.14. The summed E-state index contributed by atoms with van der Waals surface area (Å²) in [5.41, 5.74) is 13.0. The molecule has 51 heavy (non-hydrogen) atoms. The number of fused-ring (bicyclic) bond motifs is 4. The quantitative estimate of drug-likeness (QED) is 0.185. The van der Waals surface area contributed by atoms with Gasteiger partial charge in [-0.3, -0.25) is 4.57 Å². The summed E-state index contributed by atoms with van der Waals surface area (Å²) in [5.74, 6) is 0.645. The molecule has 2 aromatic heterocycles. The van der Waals surface area contributed by atoms with Crippen LogP contribution in [-0.2, 0) is 0 Å². The second-order valence-corrected chi connectivity index (χ2v) is 12.8. The first-order valence-electron chi connectivity index (χ1n) is 17.2. The van der Waals surface area contributed by atoms with Crippen molar-refractivity contribution in [2.75, 3.05) is 11.4 Å². The monoisotopic (exact) mass is 654 g/mol. The highest BCUT2D eigenvalue weighted by Gasteiger charge is 2.18. The van der Waals surface area contributed by atoms with E-state index in [-0.39, 0.29) is 0 Å². The van der Waals surface area contributed by atoms with Gasteiger partial charge in [0.15, 0.2) is 0 Å². The number of anilines is 2. The zero-order valence-electron chi connectivity index (χ0n) is 28.0. The van der Waals surface area contributed by atoms with Gasteiger partial charge in [0.1, 0.15) is 0 Å². The maximum Gasteiger partial charge on any atom is 0.235 e. The van der Waals surface area contributed by atoms with E-state index in [2.05, 4.69) is 180 Å². The van der Waals surface area contributed by atoms with Crippen LogP contribution in [0.5, 0.6) is 0 Å². The molecule has 1 aliphatic heterocycles. The summed E-state index contributed by atoms with van der Waals surface area (Å²) in [6.45, 7) is 5.24. The molecule has 0 bridgehead atoms. The number of hydrogen-bond acceptors (Lipinski definition) is 3. The number of rotatable bonds is 5. The molecular formula is C47H34N4. The van der Waals surface area contributed by atoms with Crippen molar-refractivity contribution in [3.8, 4) is 39.5 Å². The second kappa shape index (κ2) is 12.9. The molecule has 0 N–H and O–H groups in total. The molecular weight excluding hydrogens is 621 g/mol. The molecule has 0 saturated carbocycles. The van der Waals surface area contributed by atoms with E-state index in [0.29, 0.717) is 5.95 Å². The lowest BCUT2D eigenvalue weighted by atomic mass is 9.96. The van der Waals surface area contributed by atoms with E-state index in [0.717, 1.165) is 78.8 Å². The Morgan fingerprint density at radius 3 is 2.14 bits per heavy atom. The molecule has 9 rings (SSSR count). The minimum atomic E-state index is 0.645. The minimum absolute atomic E-state index is 0.645. The van der Waals surface area contributed by atoms with Crippen molar-refractivity contribution in [1.29, 1.82) is 0 Å². The van der Waals surface area contributed by atoms with Crippen LogP contribution in [0.1, 0.15) is 5.56 Å². The molecule has 0 aliphatic carbocycles. The van der Waals surface area contributed by atoms with Gasteiger partial charge in [0.05, 0.1) is 16.7 Å². The van der Waals surface area contributed by atoms with E-state index in [1.54, 1.807) is 0 Å². The first-order valence-corrected chi connectivity index (χ1v) is 17.2. The molecule has 0 unspecified atom stereocenters. The van der Waals surface area contributed by atoms with Crippen LogP contribution in [-0.4, -0.2) is 21.1 Å². The average molecular weight is 655 g/mol. The van der Waals surface area contributed by atoms with Crippen molar-refractivity contribution in [1.82, 2.24) is 14.5 Å². The fourth-order valence-corrected chi connectivity index (χ4v) is 7.14. The SMILES string of the molecule is C=C1/C=C\C=C/CN(c2ccccc2)c2ccc(-c3ccc4c(c3)c3ccccc3n4-c3nccc(-c4cccc(-c5ccccc5)c4)n3)cc21. The number of para-hydroxylation sites is 2. The summed E-state index contributed by atoms with van der Waals surface area (Å²) in [7, 11) is 0. The molecule has 0 atom stereocenters. The number of aromatic nitrogens is 3. The van der Waals surface area contributed by atoms with Crippen molar-refractivity contribution in [2.24, 2.45) is 0 Å². The summed E-state index contributed by atoms with van der Waals surface area (Å²) >= 11 is 0. The Morgan fingerprint density at radius 1 is 0.549 bits per heavy atom. The van der Waals surface area contributed by atoms with Crippen LogP contribution < -0.4 is 4.90 Å². The molecule has 0 radical (unpaired) electrons. The van der Waals surface area contributed by atoms with Gasteiger partial charge in [-0.25, -0.2) is 9.97 Å². The third-order valence-corrected chi connectivity index (χ3v) is 9.65. The van der Waals surface area contributed by atoms with Crippen LogP contribution >= 0.6 is 0 Å². The normalized spacial score (nSPS) is 14.1. The Bertz CT molecular complexity index is 2630. The molecule has 3 heterocycles. The van der Waals surface area contributed by atoms with E-state index < -0.39 is 0 Å². The molecule has 1 aliphatic rings. The van der Waals surface area contributed by atoms with Gasteiger partial charge in [-0.15, -0.1) is 0 Å². The summed E-state index contributed by atoms with van der Waals surface area (Å²) < 4.78 is 2.18. The van der Waals surface area contributed by atoms with E-state index in [1.807, 2.05) is 18.3 Å². The first kappa shape index (κ1) is 30.3. The molecule has 6 aromatic carbocycles. The van der Waals surface area contributed by atoms with Gasteiger partial charge in [-0.2, -0.15) is 0 Å². The van der Waals surface area contributed by atoms with Gasteiger partial charge in [0, 0.05) is 46.0 Å². The average Bonchev–Trinajstić information content (AvgIpc) is 3.56. The maximum absolute atomic E-state index is 5.14. The third kappa shape index (κ3) is 5.63. The van der Waals surface area contributed by atoms with Gasteiger partial charge in [-0.05, 0) is 82.4 Å². The number of allylic oxidation sites excluding steroid dienone is 4. The summed E-state index contributed by atoms with van der Waals surface area (Å²) in [5, 5.41) is 2.31. The zero-order chi connectivity index (χ0) is 34.1. The summed E-state index contributed by atoms with van der Waals surface area (Å²) in [6, 6.07) is 53.5. The van der Waals surface area contributed by atoms with E-state index in [9.17, 15) is 0 Å². The predicted molar refractivity (Wildman–Crippen MR) is 213 cm³/mol. The molecule has 0 amide bonds. The van der Waals surface area contributed by atoms with Gasteiger partial charge < -0.3 is 4.90 Å². The Labute approximate surface area is 297 Å². The standard InChI is InChI=1S/C47H34N4/c1-33-14-5-4-12-29-50(39-19-8-3-9-20-39)44-25-23-36(31-41(33)44)37-24-26-46-42(32-37)40-21-10-11-22-45(40)51(46)47-48-28-27-43(49-47)38-18-13-17-35(30-38)34-15-6-2-7-16-34/h2-28,30-32H,1,29H2/b12-4-,14-5-. The highest BCUT2D eigenvalue weighted by Crippen LogP contribution is 2.39. The Hall–Kier alpha value is -6.78. The van der Waals surface area contributed by atoms with Crippen LogP contribution in [0.2, 0.25) is 0 Å². The highest BCUT2D eigenvalue weighted by molar-refractivity contribution is 6.10. The highest BCUT2D eigenvalue weighted by atomic mass is 15.2. The van der Waals surface area contributed by atoms with Crippen LogP contribution in [0.15, 0.2) is 189 Å². The van der Waals surface area contributed by atoms with Crippen LogP contribution in [0.4, 0.5) is 11.4 Å². The van der Waals surface area contributed by atoms with Gasteiger partial charge >= 0.3 is 0 Å². The molecule has 4 heteroatoms. The smallest absolute Gasteiger partial charge is 0.235 e. The van der Waals surface area contributed by atoms with E-state index in [4.69, 9.17) is 9.97 Å². The third-order valence-electron chi connectivity index (χ3n) is 9.65. The summed E-state index contributed by atoms with van der Waals surface area (Å²) in [4.78, 5) is 12.3. The molecule has 0 fully saturated rings. The second-order valence-electron chi connectivity index (χ2n) is 12.8. The fraction of sp³-hybridized carbons (Fsp3) is 0.0213. The topological polar surface area (TPSA) is 34.0 Å². The zero-order valence-corrected chi connectivity index (χ0v) is 28.0. The van der Waals surface area contributed by atoms with Crippen molar-refractivity contribution in [3.05, 3.63) is 194 Å². The molecule has 242 valence electrons. The summed E-state index contributed by atoms with van der Waals surface area (Å²) in [6.07, 6.45) is 10.3.